The van der Waals surface area contributed by atoms with Crippen LogP contribution >= 0.6 is 0 Å². The highest BCUT2D eigenvalue weighted by atomic mass is 16.5. The number of hydrogen-bond donors (Lipinski definition) is 0. The zero-order chi connectivity index (χ0) is 23.0. The van der Waals surface area contributed by atoms with E-state index in [-0.39, 0.29) is 5.92 Å². The molecule has 1 atom stereocenters. The first-order chi connectivity index (χ1) is 16.2. The number of fused-ring (bicyclic) bond motifs is 1. The quantitative estimate of drug-likeness (QED) is 0.249. The van der Waals surface area contributed by atoms with Crippen molar-refractivity contribution in [1.82, 2.24) is 9.88 Å². The molecule has 171 valence electrons. The molecule has 0 fully saturated rings. The lowest BCUT2D eigenvalue weighted by Crippen LogP contribution is -2.27. The van der Waals surface area contributed by atoms with E-state index in [9.17, 15) is 0 Å². The number of ether oxygens (including phenoxy) is 1. The summed E-state index contributed by atoms with van der Waals surface area (Å²) in [6, 6.07) is 22.9. The molecule has 33 heavy (non-hydrogen) atoms. The Balaban J connectivity index is 1.57. The normalized spacial score (nSPS) is 12.5. The van der Waals surface area contributed by atoms with Crippen LogP contribution in [0.4, 0.5) is 0 Å². The molecule has 0 N–H and O–H groups in total. The summed E-state index contributed by atoms with van der Waals surface area (Å²) in [5.74, 6) is 0.961. The number of furan rings is 1. The van der Waals surface area contributed by atoms with Crippen LogP contribution in [0.3, 0.4) is 0 Å². The molecular weight excluding hydrogens is 408 g/mol. The van der Waals surface area contributed by atoms with E-state index in [0.29, 0.717) is 13.2 Å². The number of para-hydroxylation sites is 1. The molecule has 4 rings (SSSR count). The number of nitrogens with zero attached hydrogens (tertiary/aromatic N) is 2. The van der Waals surface area contributed by atoms with Crippen LogP contribution in [0, 0.1) is 6.92 Å². The van der Waals surface area contributed by atoms with Crippen molar-refractivity contribution < 1.29 is 9.15 Å². The molecule has 2 aromatic heterocycles. The van der Waals surface area contributed by atoms with Crippen molar-refractivity contribution >= 4 is 10.9 Å². The van der Waals surface area contributed by atoms with E-state index in [2.05, 4.69) is 68.1 Å². The number of pyridine rings is 1. The zero-order valence-electron chi connectivity index (χ0n) is 19.7. The fourth-order valence-corrected chi connectivity index (χ4v) is 4.15. The third kappa shape index (κ3) is 5.89. The van der Waals surface area contributed by atoms with Crippen LogP contribution in [-0.4, -0.2) is 36.1 Å². The lowest BCUT2D eigenvalue weighted by Gasteiger charge is -2.19. The summed E-state index contributed by atoms with van der Waals surface area (Å²) in [6.45, 7) is 13.0. The van der Waals surface area contributed by atoms with Gasteiger partial charge in [0.15, 0.2) is 0 Å². The molecule has 4 heteroatoms. The number of hydrogen-bond acceptors (Lipinski definition) is 4. The number of likely N-dealkylation sites (N-methyl/N-ethyl adjacent to an activating group) is 1. The number of rotatable bonds is 11. The van der Waals surface area contributed by atoms with Gasteiger partial charge in [-0.2, -0.15) is 0 Å². The maximum absolute atomic E-state index is 6.12. The van der Waals surface area contributed by atoms with Crippen molar-refractivity contribution in [3.8, 4) is 11.3 Å². The van der Waals surface area contributed by atoms with E-state index in [1.165, 1.54) is 11.1 Å². The van der Waals surface area contributed by atoms with Crippen LogP contribution in [0.15, 0.2) is 77.4 Å². The molecule has 0 aliphatic heterocycles. The highest BCUT2D eigenvalue weighted by Gasteiger charge is 2.14. The Morgan fingerprint density at radius 3 is 2.61 bits per heavy atom. The minimum Gasteiger partial charge on any atom is -0.469 e. The first-order valence-electron chi connectivity index (χ1n) is 11.8. The predicted octanol–water partition coefficient (Wildman–Crippen LogP) is 6.51. The van der Waals surface area contributed by atoms with Crippen molar-refractivity contribution in [2.45, 2.75) is 32.8 Å². The van der Waals surface area contributed by atoms with Gasteiger partial charge in [0.05, 0.1) is 30.7 Å². The molecule has 0 saturated heterocycles. The largest absolute Gasteiger partial charge is 0.469 e. The Morgan fingerprint density at radius 2 is 1.82 bits per heavy atom. The van der Waals surface area contributed by atoms with Crippen molar-refractivity contribution in [1.29, 1.82) is 0 Å². The Morgan fingerprint density at radius 1 is 0.970 bits per heavy atom. The molecule has 1 radical (unpaired) electrons. The van der Waals surface area contributed by atoms with Crippen molar-refractivity contribution in [2.24, 2.45) is 0 Å². The molecule has 0 aliphatic rings. The van der Waals surface area contributed by atoms with E-state index in [4.69, 9.17) is 14.1 Å². The topological polar surface area (TPSA) is 38.5 Å². The second kappa shape index (κ2) is 11.3. The summed E-state index contributed by atoms with van der Waals surface area (Å²) in [5.41, 5.74) is 5.50. The van der Waals surface area contributed by atoms with Gasteiger partial charge in [-0.25, -0.2) is 4.98 Å². The highest BCUT2D eigenvalue weighted by Crippen LogP contribution is 2.28. The summed E-state index contributed by atoms with van der Waals surface area (Å²) in [7, 11) is 0. The average molecular weight is 442 g/mol. The first-order valence-corrected chi connectivity index (χ1v) is 11.8. The Hall–Kier alpha value is -2.95. The standard InChI is InChI=1S/C29H33N2O2/c1-4-31(5-2)16-18-32-21-26-20-25(28-15-14-23-9-6-7-10-27(23)30-28)13-12-24(26)19-22(3)29-11-8-17-33-29/h6-15,17,20,22H,3-5,16,18-19,21H2,1-2H3. The van der Waals surface area contributed by atoms with Crippen LogP contribution in [-0.2, 0) is 17.8 Å². The van der Waals surface area contributed by atoms with Gasteiger partial charge in [-0.15, -0.1) is 0 Å². The van der Waals surface area contributed by atoms with Crippen LogP contribution in [0.25, 0.3) is 22.2 Å². The van der Waals surface area contributed by atoms with Gasteiger partial charge < -0.3 is 14.1 Å². The Bertz CT molecular complexity index is 1150. The van der Waals surface area contributed by atoms with Crippen LogP contribution in [0.1, 0.15) is 36.7 Å². The van der Waals surface area contributed by atoms with Crippen LogP contribution in [0.2, 0.25) is 0 Å². The maximum atomic E-state index is 6.12. The summed E-state index contributed by atoms with van der Waals surface area (Å²) in [6.07, 6.45) is 2.51. The Labute approximate surface area is 197 Å². The number of benzene rings is 2. The van der Waals surface area contributed by atoms with Gasteiger partial charge in [0.2, 0.25) is 0 Å². The first kappa shape index (κ1) is 23.2. The van der Waals surface area contributed by atoms with E-state index in [1.54, 1.807) is 6.26 Å². The number of aromatic nitrogens is 1. The van der Waals surface area contributed by atoms with Gasteiger partial charge in [0.1, 0.15) is 5.76 Å². The van der Waals surface area contributed by atoms with Crippen molar-refractivity contribution in [3.63, 3.8) is 0 Å². The lowest BCUT2D eigenvalue weighted by molar-refractivity contribution is 0.0952. The second-order valence-electron chi connectivity index (χ2n) is 8.37. The van der Waals surface area contributed by atoms with Gasteiger partial charge in [-0.05, 0) is 67.9 Å². The molecular formula is C29H33N2O2. The molecule has 1 unspecified atom stereocenters. The van der Waals surface area contributed by atoms with Crippen molar-refractivity contribution in [3.05, 3.63) is 96.8 Å². The maximum Gasteiger partial charge on any atom is 0.107 e. The third-order valence-corrected chi connectivity index (χ3v) is 6.22. The predicted molar refractivity (Wildman–Crippen MR) is 135 cm³/mol. The average Bonchev–Trinajstić information content (AvgIpc) is 3.40. The Kier molecular flexibility index (Phi) is 7.92. The monoisotopic (exact) mass is 441 g/mol. The molecule has 0 spiro atoms. The summed E-state index contributed by atoms with van der Waals surface area (Å²) < 4.78 is 11.7. The summed E-state index contributed by atoms with van der Waals surface area (Å²) >= 11 is 0. The zero-order valence-corrected chi connectivity index (χ0v) is 19.7. The molecule has 2 heterocycles. The molecule has 2 aromatic carbocycles. The summed E-state index contributed by atoms with van der Waals surface area (Å²) in [5, 5.41) is 1.15. The fourth-order valence-electron chi connectivity index (χ4n) is 4.15. The minimum absolute atomic E-state index is 0.0547. The lowest BCUT2D eigenvalue weighted by atomic mass is 9.93. The van der Waals surface area contributed by atoms with Crippen molar-refractivity contribution in [2.75, 3.05) is 26.2 Å². The third-order valence-electron chi connectivity index (χ3n) is 6.22. The minimum atomic E-state index is 0.0547. The van der Waals surface area contributed by atoms with E-state index >= 15 is 0 Å². The second-order valence-corrected chi connectivity index (χ2v) is 8.37. The molecule has 0 saturated carbocycles. The molecule has 4 aromatic rings. The molecule has 0 amide bonds. The fraction of sp³-hybridized carbons (Fsp3) is 0.310. The van der Waals surface area contributed by atoms with E-state index in [1.807, 2.05) is 24.3 Å². The van der Waals surface area contributed by atoms with Crippen LogP contribution in [0.5, 0.6) is 0 Å². The highest BCUT2D eigenvalue weighted by molar-refractivity contribution is 5.81. The van der Waals surface area contributed by atoms with Gasteiger partial charge in [-0.1, -0.05) is 50.2 Å². The summed E-state index contributed by atoms with van der Waals surface area (Å²) in [4.78, 5) is 7.26. The van der Waals surface area contributed by atoms with Gasteiger partial charge in [0, 0.05) is 23.4 Å². The SMILES string of the molecule is [CH2]C(Cc1ccc(-c2ccc3ccccc3n2)cc1COCCN(CC)CC)c1ccco1. The van der Waals surface area contributed by atoms with Crippen LogP contribution < -0.4 is 0 Å². The van der Waals surface area contributed by atoms with E-state index < -0.39 is 0 Å². The molecule has 0 aliphatic carbocycles. The van der Waals surface area contributed by atoms with Gasteiger partial charge >= 0.3 is 0 Å². The van der Waals surface area contributed by atoms with Gasteiger partial charge in [-0.3, -0.25) is 0 Å². The molecule has 4 nitrogen and oxygen atoms in total. The smallest absolute Gasteiger partial charge is 0.107 e. The van der Waals surface area contributed by atoms with Gasteiger partial charge in [0.25, 0.3) is 0 Å². The molecule has 0 bridgehead atoms. The van der Waals surface area contributed by atoms with E-state index in [0.717, 1.165) is 54.0 Å².